The number of nitrogens with two attached hydrogens (primary N) is 1. The van der Waals surface area contributed by atoms with Gasteiger partial charge in [-0.2, -0.15) is 10.4 Å². The van der Waals surface area contributed by atoms with Crippen molar-refractivity contribution in [1.29, 1.82) is 5.26 Å². The zero-order chi connectivity index (χ0) is 20.0. The van der Waals surface area contributed by atoms with E-state index in [2.05, 4.69) is 26.5 Å². The number of aromatic nitrogens is 4. The average molecular weight is 398 g/mol. The summed E-state index contributed by atoms with van der Waals surface area (Å²) in [5.74, 6) is 0.364. The molecule has 10 heteroatoms. The van der Waals surface area contributed by atoms with E-state index >= 15 is 0 Å². The zero-order valence-electron chi connectivity index (χ0n) is 15.1. The Bertz CT molecular complexity index is 1150. The molecule has 2 atom stereocenters. The number of alkyl carbamates (subject to hydrolysis) is 1. The molecular formula is C18H16ClN7O2. The van der Waals surface area contributed by atoms with Crippen molar-refractivity contribution in [2.24, 2.45) is 0 Å². The number of nitrogens with one attached hydrogen (secondary N) is 1. The smallest absolute Gasteiger partial charge is 0.407 e. The normalized spacial score (nSPS) is 17.2. The van der Waals surface area contributed by atoms with Crippen LogP contribution in [0.5, 0.6) is 0 Å². The van der Waals surface area contributed by atoms with Crippen LogP contribution in [0, 0.1) is 18.3 Å². The first kappa shape index (κ1) is 18.0. The topological polar surface area (TPSA) is 132 Å². The monoisotopic (exact) mass is 397 g/mol. The molecule has 0 saturated carbocycles. The molecule has 2 aromatic heterocycles. The fraction of sp³-hybridized carbons (Fsp3) is 0.278. The fourth-order valence-corrected chi connectivity index (χ4v) is 3.68. The summed E-state index contributed by atoms with van der Waals surface area (Å²) in [6.07, 6.45) is 0.285. The molecule has 1 amide bonds. The minimum Gasteiger partial charge on any atom is -0.439 e. The van der Waals surface area contributed by atoms with Crippen LogP contribution in [-0.4, -0.2) is 32.4 Å². The standard InChI is InChI=1S/C18H16ClN7O2/c1-8-15-16(21)23-7-24-17(15)26(25-8)9(2)10-3-11(12(5-20)13(19)4-10)14-6-22-18(27)28-14/h3-4,7,9,14H,6H2,1-2H3,(H,22,27)(H2,21,23,24). The number of anilines is 1. The van der Waals surface area contributed by atoms with E-state index in [0.29, 0.717) is 28.1 Å². The quantitative estimate of drug-likeness (QED) is 0.694. The van der Waals surface area contributed by atoms with Gasteiger partial charge in [0.25, 0.3) is 0 Å². The highest BCUT2D eigenvalue weighted by atomic mass is 35.5. The number of ether oxygens (including phenoxy) is 1. The number of halogens is 1. The highest BCUT2D eigenvalue weighted by Gasteiger charge is 2.29. The molecule has 0 spiro atoms. The number of rotatable bonds is 3. The number of aryl methyl sites for hydroxylation is 1. The molecule has 1 aromatic carbocycles. The minimum absolute atomic E-state index is 0.264. The maximum absolute atomic E-state index is 11.4. The Labute approximate surface area is 165 Å². The van der Waals surface area contributed by atoms with E-state index in [-0.39, 0.29) is 23.2 Å². The van der Waals surface area contributed by atoms with Crippen LogP contribution >= 0.6 is 11.6 Å². The molecule has 0 aliphatic carbocycles. The lowest BCUT2D eigenvalue weighted by Gasteiger charge is -2.18. The van der Waals surface area contributed by atoms with Crippen LogP contribution in [0.4, 0.5) is 10.6 Å². The highest BCUT2D eigenvalue weighted by Crippen LogP contribution is 2.34. The van der Waals surface area contributed by atoms with Crippen LogP contribution < -0.4 is 11.1 Å². The van der Waals surface area contributed by atoms with Gasteiger partial charge in [0, 0.05) is 5.56 Å². The molecule has 4 rings (SSSR count). The Kier molecular flexibility index (Phi) is 4.28. The molecule has 1 saturated heterocycles. The number of amides is 1. The van der Waals surface area contributed by atoms with Gasteiger partial charge in [-0.05, 0) is 31.5 Å². The number of hydrogen-bond donors (Lipinski definition) is 2. The van der Waals surface area contributed by atoms with E-state index in [1.165, 1.54) is 6.33 Å². The third kappa shape index (κ3) is 2.78. The van der Waals surface area contributed by atoms with Crippen molar-refractivity contribution in [1.82, 2.24) is 25.1 Å². The van der Waals surface area contributed by atoms with Crippen LogP contribution in [0.1, 0.15) is 41.5 Å². The van der Waals surface area contributed by atoms with Crippen LogP contribution in [0.3, 0.4) is 0 Å². The van der Waals surface area contributed by atoms with Gasteiger partial charge in [-0.15, -0.1) is 0 Å². The van der Waals surface area contributed by atoms with E-state index in [4.69, 9.17) is 22.1 Å². The summed E-state index contributed by atoms with van der Waals surface area (Å²) >= 11 is 6.37. The third-order valence-corrected chi connectivity index (χ3v) is 5.12. The third-order valence-electron chi connectivity index (χ3n) is 4.83. The molecule has 1 aliphatic rings. The summed E-state index contributed by atoms with van der Waals surface area (Å²) in [5, 5.41) is 17.6. The average Bonchev–Trinajstić information content (AvgIpc) is 3.24. The van der Waals surface area contributed by atoms with Crippen molar-refractivity contribution < 1.29 is 9.53 Å². The predicted octanol–water partition coefficient (Wildman–Crippen LogP) is 2.63. The van der Waals surface area contributed by atoms with Crippen LogP contribution in [-0.2, 0) is 4.74 Å². The minimum atomic E-state index is -0.583. The van der Waals surface area contributed by atoms with Crippen molar-refractivity contribution in [3.05, 3.63) is 45.9 Å². The molecular weight excluding hydrogens is 382 g/mol. The Hall–Kier alpha value is -3.38. The molecule has 3 N–H and O–H groups in total. The summed E-state index contributed by atoms with van der Waals surface area (Å²) in [6, 6.07) is 5.35. The maximum atomic E-state index is 11.4. The van der Waals surface area contributed by atoms with Gasteiger partial charge in [-0.1, -0.05) is 11.6 Å². The van der Waals surface area contributed by atoms with Crippen LogP contribution in [0.25, 0.3) is 11.0 Å². The molecule has 1 aliphatic heterocycles. The van der Waals surface area contributed by atoms with Crippen LogP contribution in [0.15, 0.2) is 18.5 Å². The molecule has 0 radical (unpaired) electrons. The van der Waals surface area contributed by atoms with Crippen molar-refractivity contribution in [2.45, 2.75) is 26.0 Å². The van der Waals surface area contributed by atoms with Gasteiger partial charge >= 0.3 is 6.09 Å². The fourth-order valence-electron chi connectivity index (χ4n) is 3.41. The van der Waals surface area contributed by atoms with E-state index in [0.717, 1.165) is 5.56 Å². The lowest BCUT2D eigenvalue weighted by molar-refractivity contribution is 0.141. The summed E-state index contributed by atoms with van der Waals surface area (Å²) in [7, 11) is 0. The largest absolute Gasteiger partial charge is 0.439 e. The van der Waals surface area contributed by atoms with Gasteiger partial charge in [-0.25, -0.2) is 19.4 Å². The number of carbonyl (C=O) groups excluding carboxylic acids is 1. The van der Waals surface area contributed by atoms with Crippen molar-refractivity contribution in [3.63, 3.8) is 0 Å². The summed E-state index contributed by atoms with van der Waals surface area (Å²) in [4.78, 5) is 19.8. The second-order valence-electron chi connectivity index (χ2n) is 6.52. The molecule has 0 bridgehead atoms. The van der Waals surface area contributed by atoms with Crippen molar-refractivity contribution >= 4 is 34.5 Å². The lowest BCUT2D eigenvalue weighted by atomic mass is 9.97. The van der Waals surface area contributed by atoms with Gasteiger partial charge < -0.3 is 15.8 Å². The van der Waals surface area contributed by atoms with E-state index in [9.17, 15) is 10.1 Å². The summed E-state index contributed by atoms with van der Waals surface area (Å²) in [5.41, 5.74) is 8.93. The number of benzene rings is 1. The Morgan fingerprint density at radius 1 is 1.46 bits per heavy atom. The number of fused-ring (bicyclic) bond motifs is 1. The Morgan fingerprint density at radius 2 is 2.25 bits per heavy atom. The van der Waals surface area contributed by atoms with Crippen molar-refractivity contribution in [2.75, 3.05) is 12.3 Å². The van der Waals surface area contributed by atoms with Gasteiger partial charge in [0.2, 0.25) is 0 Å². The molecule has 142 valence electrons. The van der Waals surface area contributed by atoms with Crippen LogP contribution in [0.2, 0.25) is 5.02 Å². The molecule has 1 fully saturated rings. The number of nitrogens with zero attached hydrogens (tertiary/aromatic N) is 5. The van der Waals surface area contributed by atoms with Gasteiger partial charge in [0.15, 0.2) is 5.65 Å². The van der Waals surface area contributed by atoms with Gasteiger partial charge in [0.05, 0.1) is 34.3 Å². The molecule has 9 nitrogen and oxygen atoms in total. The number of nitriles is 1. The first-order valence-electron chi connectivity index (χ1n) is 8.54. The number of cyclic esters (lactones) is 1. The zero-order valence-corrected chi connectivity index (χ0v) is 15.9. The second-order valence-corrected chi connectivity index (χ2v) is 6.92. The highest BCUT2D eigenvalue weighted by molar-refractivity contribution is 6.32. The maximum Gasteiger partial charge on any atom is 0.407 e. The van der Waals surface area contributed by atoms with E-state index in [1.807, 2.05) is 19.9 Å². The van der Waals surface area contributed by atoms with E-state index in [1.54, 1.807) is 10.7 Å². The first-order chi connectivity index (χ1) is 13.4. The molecule has 3 heterocycles. The summed E-state index contributed by atoms with van der Waals surface area (Å²) in [6.45, 7) is 4.05. The van der Waals surface area contributed by atoms with E-state index < -0.39 is 12.2 Å². The molecule has 28 heavy (non-hydrogen) atoms. The lowest BCUT2D eigenvalue weighted by Crippen LogP contribution is -2.14. The number of hydrogen-bond acceptors (Lipinski definition) is 7. The molecule has 3 aromatic rings. The predicted molar refractivity (Wildman–Crippen MR) is 102 cm³/mol. The number of nitrogen functional groups attached to an aromatic ring is 1. The first-order valence-corrected chi connectivity index (χ1v) is 8.91. The van der Waals surface area contributed by atoms with Gasteiger partial charge in [0.1, 0.15) is 24.3 Å². The second kappa shape index (κ2) is 6.65. The van der Waals surface area contributed by atoms with Gasteiger partial charge in [-0.3, -0.25) is 0 Å². The Balaban J connectivity index is 1.84. The number of carbonyl (C=O) groups is 1. The summed E-state index contributed by atoms with van der Waals surface area (Å²) < 4.78 is 7.00. The Morgan fingerprint density at radius 3 is 2.93 bits per heavy atom. The SMILES string of the molecule is Cc1nn(C(C)c2cc(Cl)c(C#N)c(C3CNC(=O)O3)c2)c2ncnc(N)c12. The molecule has 2 unspecified atom stereocenters. The van der Waals surface area contributed by atoms with Crippen molar-refractivity contribution in [3.8, 4) is 6.07 Å².